The molecular weight excluding hydrogens is 206 g/mol. The quantitative estimate of drug-likeness (QED) is 0.740. The van der Waals surface area contributed by atoms with Crippen LogP contribution in [0.4, 0.5) is 0 Å². The number of carbonyl (C=O) groups is 1. The summed E-state index contributed by atoms with van der Waals surface area (Å²) in [5, 5.41) is 4.20. The average Bonchev–Trinajstić information content (AvgIpc) is 2.84. The standard InChI is InChI=1S/C11H13N3O2/c1-7(2)10(15)9-6-8(13-14(9)3)11-12-4-5-16-11/h4-7H,1-3H3. The fourth-order valence-electron chi connectivity index (χ4n) is 1.45. The molecule has 0 radical (unpaired) electrons. The summed E-state index contributed by atoms with van der Waals surface area (Å²) in [5.74, 6) is 0.444. The molecule has 2 aromatic rings. The van der Waals surface area contributed by atoms with Gasteiger partial charge >= 0.3 is 0 Å². The number of nitrogens with zero attached hydrogens (tertiary/aromatic N) is 3. The van der Waals surface area contributed by atoms with Gasteiger partial charge in [0.1, 0.15) is 17.7 Å². The second-order valence-corrected chi connectivity index (χ2v) is 3.89. The van der Waals surface area contributed by atoms with Crippen LogP contribution in [-0.2, 0) is 7.05 Å². The molecule has 0 spiro atoms. The third-order valence-corrected chi connectivity index (χ3v) is 2.31. The van der Waals surface area contributed by atoms with E-state index >= 15 is 0 Å². The van der Waals surface area contributed by atoms with Crippen molar-refractivity contribution in [3.8, 4) is 11.6 Å². The zero-order valence-electron chi connectivity index (χ0n) is 9.47. The molecule has 0 saturated carbocycles. The monoisotopic (exact) mass is 219 g/mol. The second-order valence-electron chi connectivity index (χ2n) is 3.89. The van der Waals surface area contributed by atoms with E-state index in [0.717, 1.165) is 0 Å². The van der Waals surface area contributed by atoms with Gasteiger partial charge in [0, 0.05) is 19.0 Å². The van der Waals surface area contributed by atoms with E-state index in [0.29, 0.717) is 17.3 Å². The van der Waals surface area contributed by atoms with Crippen LogP contribution in [0.3, 0.4) is 0 Å². The van der Waals surface area contributed by atoms with Crippen LogP contribution in [-0.4, -0.2) is 20.5 Å². The molecule has 84 valence electrons. The molecule has 0 N–H and O–H groups in total. The van der Waals surface area contributed by atoms with Crippen molar-refractivity contribution in [2.75, 3.05) is 0 Å². The van der Waals surface area contributed by atoms with Crippen LogP contribution in [0.1, 0.15) is 24.3 Å². The lowest BCUT2D eigenvalue weighted by Gasteiger charge is -2.02. The van der Waals surface area contributed by atoms with Crippen molar-refractivity contribution in [1.82, 2.24) is 14.8 Å². The lowest BCUT2D eigenvalue weighted by atomic mass is 10.1. The number of hydrogen-bond acceptors (Lipinski definition) is 4. The van der Waals surface area contributed by atoms with Crippen LogP contribution in [0, 0.1) is 5.92 Å². The Morgan fingerprint density at radius 2 is 2.25 bits per heavy atom. The van der Waals surface area contributed by atoms with E-state index in [-0.39, 0.29) is 11.7 Å². The van der Waals surface area contributed by atoms with Gasteiger partial charge in [0.05, 0.1) is 6.20 Å². The van der Waals surface area contributed by atoms with Crippen LogP contribution in [0.5, 0.6) is 0 Å². The molecule has 0 amide bonds. The Kier molecular flexibility index (Phi) is 2.60. The first-order chi connectivity index (χ1) is 7.59. The summed E-state index contributed by atoms with van der Waals surface area (Å²) in [4.78, 5) is 15.8. The van der Waals surface area contributed by atoms with E-state index in [9.17, 15) is 4.79 Å². The maximum atomic E-state index is 11.8. The van der Waals surface area contributed by atoms with Gasteiger partial charge in [-0.2, -0.15) is 5.10 Å². The van der Waals surface area contributed by atoms with E-state index in [1.165, 1.54) is 6.26 Å². The van der Waals surface area contributed by atoms with Gasteiger partial charge < -0.3 is 4.42 Å². The van der Waals surface area contributed by atoms with Crippen molar-refractivity contribution < 1.29 is 9.21 Å². The maximum Gasteiger partial charge on any atom is 0.246 e. The van der Waals surface area contributed by atoms with Gasteiger partial charge in [-0.15, -0.1) is 0 Å². The lowest BCUT2D eigenvalue weighted by molar-refractivity contribution is 0.0930. The van der Waals surface area contributed by atoms with Crippen molar-refractivity contribution in [2.45, 2.75) is 13.8 Å². The van der Waals surface area contributed by atoms with Gasteiger partial charge in [0.25, 0.3) is 0 Å². The van der Waals surface area contributed by atoms with Crippen molar-refractivity contribution in [2.24, 2.45) is 13.0 Å². The highest BCUT2D eigenvalue weighted by Gasteiger charge is 2.18. The SMILES string of the molecule is CC(C)C(=O)c1cc(-c2ncco2)nn1C. The summed E-state index contributed by atoms with van der Waals surface area (Å²) >= 11 is 0. The molecule has 0 unspecified atom stereocenters. The molecule has 2 aromatic heterocycles. The number of oxazole rings is 1. The topological polar surface area (TPSA) is 60.9 Å². The van der Waals surface area contributed by atoms with E-state index in [4.69, 9.17) is 4.42 Å². The molecule has 0 bridgehead atoms. The van der Waals surface area contributed by atoms with Gasteiger partial charge in [0.2, 0.25) is 5.89 Å². The predicted molar refractivity (Wildman–Crippen MR) is 57.9 cm³/mol. The molecule has 2 heterocycles. The molecule has 5 heteroatoms. The van der Waals surface area contributed by atoms with Gasteiger partial charge in [0.15, 0.2) is 5.78 Å². The van der Waals surface area contributed by atoms with E-state index in [1.807, 2.05) is 13.8 Å². The Hall–Kier alpha value is -1.91. The Morgan fingerprint density at radius 1 is 1.50 bits per heavy atom. The lowest BCUT2D eigenvalue weighted by Crippen LogP contribution is -2.12. The molecule has 2 rings (SSSR count). The number of ketones is 1. The minimum atomic E-state index is -0.0483. The molecule has 0 aliphatic heterocycles. The normalized spacial score (nSPS) is 11.0. The smallest absolute Gasteiger partial charge is 0.246 e. The minimum Gasteiger partial charge on any atom is -0.443 e. The Bertz CT molecular complexity index is 497. The summed E-state index contributed by atoms with van der Waals surface area (Å²) in [6.45, 7) is 3.72. The Balaban J connectivity index is 2.40. The molecule has 0 aromatic carbocycles. The van der Waals surface area contributed by atoms with E-state index in [2.05, 4.69) is 10.1 Å². The highest BCUT2D eigenvalue weighted by atomic mass is 16.3. The highest BCUT2D eigenvalue weighted by Crippen LogP contribution is 2.18. The Morgan fingerprint density at radius 3 is 2.81 bits per heavy atom. The van der Waals surface area contributed by atoms with Crippen LogP contribution in [0.25, 0.3) is 11.6 Å². The largest absolute Gasteiger partial charge is 0.443 e. The summed E-state index contributed by atoms with van der Waals surface area (Å²) in [6.07, 6.45) is 3.03. The third-order valence-electron chi connectivity index (χ3n) is 2.31. The molecule has 0 atom stereocenters. The maximum absolute atomic E-state index is 11.8. The van der Waals surface area contributed by atoms with Crippen molar-refractivity contribution in [1.29, 1.82) is 0 Å². The number of aryl methyl sites for hydroxylation is 1. The first kappa shape index (κ1) is 10.6. The van der Waals surface area contributed by atoms with Crippen LogP contribution >= 0.6 is 0 Å². The first-order valence-electron chi connectivity index (χ1n) is 5.07. The van der Waals surface area contributed by atoms with Crippen LogP contribution in [0.15, 0.2) is 22.9 Å². The van der Waals surface area contributed by atoms with Gasteiger partial charge in [-0.1, -0.05) is 13.8 Å². The van der Waals surface area contributed by atoms with Gasteiger partial charge in [-0.05, 0) is 0 Å². The van der Waals surface area contributed by atoms with E-state index < -0.39 is 0 Å². The predicted octanol–water partition coefficient (Wildman–Crippen LogP) is 1.91. The van der Waals surface area contributed by atoms with Crippen LogP contribution < -0.4 is 0 Å². The zero-order chi connectivity index (χ0) is 11.7. The molecule has 0 aliphatic rings. The highest BCUT2D eigenvalue weighted by molar-refractivity contribution is 5.96. The summed E-state index contributed by atoms with van der Waals surface area (Å²) in [7, 11) is 1.74. The molecule has 0 saturated heterocycles. The molecule has 16 heavy (non-hydrogen) atoms. The number of rotatable bonds is 3. The van der Waals surface area contributed by atoms with Crippen LogP contribution in [0.2, 0.25) is 0 Å². The minimum absolute atomic E-state index is 0.0483. The number of carbonyl (C=O) groups excluding carboxylic acids is 1. The fraction of sp³-hybridized carbons (Fsp3) is 0.364. The Labute approximate surface area is 93.1 Å². The van der Waals surface area contributed by atoms with Gasteiger partial charge in [-0.25, -0.2) is 4.98 Å². The molecular formula is C11H13N3O2. The summed E-state index contributed by atoms with van der Waals surface area (Å²) < 4.78 is 6.69. The summed E-state index contributed by atoms with van der Waals surface area (Å²) in [5.41, 5.74) is 1.15. The number of aromatic nitrogens is 3. The van der Waals surface area contributed by atoms with E-state index in [1.54, 1.807) is 24.0 Å². The van der Waals surface area contributed by atoms with Crippen molar-refractivity contribution in [3.63, 3.8) is 0 Å². The van der Waals surface area contributed by atoms with Crippen molar-refractivity contribution in [3.05, 3.63) is 24.2 Å². The molecule has 0 aliphatic carbocycles. The first-order valence-corrected chi connectivity index (χ1v) is 5.07. The fourth-order valence-corrected chi connectivity index (χ4v) is 1.45. The number of Topliss-reactive ketones (excluding diaryl/α,β-unsaturated/α-hetero) is 1. The average molecular weight is 219 g/mol. The molecule has 0 fully saturated rings. The number of hydrogen-bond donors (Lipinski definition) is 0. The zero-order valence-corrected chi connectivity index (χ0v) is 9.47. The van der Waals surface area contributed by atoms with Crippen molar-refractivity contribution >= 4 is 5.78 Å². The summed E-state index contributed by atoms with van der Waals surface area (Å²) in [6, 6.07) is 1.70. The second kappa shape index (κ2) is 3.92. The third kappa shape index (κ3) is 1.76. The van der Waals surface area contributed by atoms with Gasteiger partial charge in [-0.3, -0.25) is 9.48 Å². The molecule has 5 nitrogen and oxygen atoms in total.